The van der Waals surface area contributed by atoms with E-state index in [-0.39, 0.29) is 17.1 Å². The molecule has 1 aromatic heterocycles. The van der Waals surface area contributed by atoms with E-state index in [1.807, 2.05) is 6.92 Å². The van der Waals surface area contributed by atoms with Gasteiger partial charge in [-0.2, -0.15) is 0 Å². The Balaban J connectivity index is 2.98. The van der Waals surface area contributed by atoms with Crippen LogP contribution in [0.4, 0.5) is 0 Å². The van der Waals surface area contributed by atoms with Crippen LogP contribution in [0.1, 0.15) is 18.1 Å². The van der Waals surface area contributed by atoms with Gasteiger partial charge in [0.1, 0.15) is 0 Å². The summed E-state index contributed by atoms with van der Waals surface area (Å²) >= 11 is 0. The molecule has 0 aliphatic carbocycles. The van der Waals surface area contributed by atoms with Crippen LogP contribution in [0.2, 0.25) is 0 Å². The van der Waals surface area contributed by atoms with Crippen molar-refractivity contribution < 1.29 is 14.6 Å². The van der Waals surface area contributed by atoms with E-state index in [0.717, 1.165) is 5.56 Å². The lowest BCUT2D eigenvalue weighted by Crippen LogP contribution is -2.08. The average molecular weight is 220 g/mol. The molecule has 1 heterocycles. The molecule has 0 fully saturated rings. The maximum Gasteiger partial charge on any atom is 0.339 e. The van der Waals surface area contributed by atoms with Gasteiger partial charge in [-0.1, -0.05) is 6.92 Å². The summed E-state index contributed by atoms with van der Waals surface area (Å²) in [5.41, 5.74) is 0.953. The molecule has 0 aliphatic heterocycles. The van der Waals surface area contributed by atoms with Crippen molar-refractivity contribution in [1.82, 2.24) is 0 Å². The van der Waals surface area contributed by atoms with Gasteiger partial charge in [0.25, 0.3) is 0 Å². The number of phenolic OH excluding ortho intramolecular Hbond substituents is 2. The number of phenols is 2. The Bertz CT molecular complexity index is 610. The van der Waals surface area contributed by atoms with Crippen molar-refractivity contribution in [3.63, 3.8) is 0 Å². The van der Waals surface area contributed by atoms with Gasteiger partial charge >= 0.3 is 5.63 Å². The molecule has 0 bridgehead atoms. The van der Waals surface area contributed by atoms with E-state index in [1.165, 1.54) is 6.07 Å². The van der Waals surface area contributed by atoms with Gasteiger partial charge in [-0.3, -0.25) is 0 Å². The van der Waals surface area contributed by atoms with E-state index >= 15 is 0 Å². The maximum absolute atomic E-state index is 11.6. The van der Waals surface area contributed by atoms with Crippen molar-refractivity contribution in [2.45, 2.75) is 20.3 Å². The number of aryl methyl sites for hydroxylation is 1. The summed E-state index contributed by atoms with van der Waals surface area (Å²) in [6.45, 7) is 3.67. The molecule has 0 aliphatic rings. The molecule has 0 atom stereocenters. The monoisotopic (exact) mass is 220 g/mol. The molecule has 84 valence electrons. The lowest BCUT2D eigenvalue weighted by Gasteiger charge is -2.07. The van der Waals surface area contributed by atoms with Crippen LogP contribution in [0.15, 0.2) is 21.3 Å². The summed E-state index contributed by atoms with van der Waals surface area (Å²) in [5, 5.41) is 19.5. The largest absolute Gasteiger partial charge is 0.504 e. The second-order valence-corrected chi connectivity index (χ2v) is 3.66. The van der Waals surface area contributed by atoms with Crippen molar-refractivity contribution in [1.29, 1.82) is 0 Å². The zero-order valence-corrected chi connectivity index (χ0v) is 9.07. The molecule has 0 radical (unpaired) electrons. The van der Waals surface area contributed by atoms with Crippen LogP contribution < -0.4 is 5.63 Å². The predicted octanol–water partition coefficient (Wildman–Crippen LogP) is 2.08. The minimum absolute atomic E-state index is 0.0414. The number of benzene rings is 1. The minimum Gasteiger partial charge on any atom is -0.504 e. The highest BCUT2D eigenvalue weighted by Crippen LogP contribution is 2.34. The Morgan fingerprint density at radius 2 is 2.00 bits per heavy atom. The Kier molecular flexibility index (Phi) is 2.34. The van der Waals surface area contributed by atoms with Gasteiger partial charge in [-0.25, -0.2) is 4.79 Å². The first-order valence-electron chi connectivity index (χ1n) is 5.03. The number of hydrogen-bond donors (Lipinski definition) is 2. The first-order valence-corrected chi connectivity index (χ1v) is 5.03. The fraction of sp³-hybridized carbons (Fsp3) is 0.250. The highest BCUT2D eigenvalue weighted by atomic mass is 16.4. The molecule has 0 unspecified atom stereocenters. The summed E-state index contributed by atoms with van der Waals surface area (Å²) in [6.07, 6.45) is 0.575. The third-order valence-electron chi connectivity index (χ3n) is 2.76. The van der Waals surface area contributed by atoms with Gasteiger partial charge in [0.2, 0.25) is 5.75 Å². The fourth-order valence-electron chi connectivity index (χ4n) is 1.84. The highest BCUT2D eigenvalue weighted by Gasteiger charge is 2.14. The second kappa shape index (κ2) is 3.56. The number of aromatic hydroxyl groups is 2. The van der Waals surface area contributed by atoms with Gasteiger partial charge in [0.05, 0.1) is 0 Å². The molecule has 1 aromatic carbocycles. The summed E-state index contributed by atoms with van der Waals surface area (Å²) in [7, 11) is 0. The SMILES string of the molecule is CCc1c(C)c2ccc(O)c(O)c2oc1=O. The highest BCUT2D eigenvalue weighted by molar-refractivity contribution is 5.87. The summed E-state index contributed by atoms with van der Waals surface area (Å²) < 4.78 is 5.01. The van der Waals surface area contributed by atoms with E-state index in [4.69, 9.17) is 4.42 Å². The molecular weight excluding hydrogens is 208 g/mol. The fourth-order valence-corrected chi connectivity index (χ4v) is 1.84. The number of fused-ring (bicyclic) bond motifs is 1. The molecule has 0 amide bonds. The van der Waals surface area contributed by atoms with Crippen LogP contribution in [0.25, 0.3) is 11.0 Å². The molecule has 0 spiro atoms. The van der Waals surface area contributed by atoms with E-state index in [9.17, 15) is 15.0 Å². The second-order valence-electron chi connectivity index (χ2n) is 3.66. The number of hydrogen-bond acceptors (Lipinski definition) is 4. The van der Waals surface area contributed by atoms with E-state index in [2.05, 4.69) is 0 Å². The standard InChI is InChI=1S/C12H12O4/c1-3-7-6(2)8-4-5-9(13)10(14)11(8)16-12(7)15/h4-5,13-14H,3H2,1-2H3. The molecule has 4 nitrogen and oxygen atoms in total. The van der Waals surface area contributed by atoms with Crippen LogP contribution in [0, 0.1) is 6.92 Å². The molecule has 0 saturated heterocycles. The smallest absolute Gasteiger partial charge is 0.339 e. The van der Waals surface area contributed by atoms with Crippen molar-refractivity contribution >= 4 is 11.0 Å². The van der Waals surface area contributed by atoms with Gasteiger partial charge in [-0.15, -0.1) is 0 Å². The lowest BCUT2D eigenvalue weighted by atomic mass is 10.0. The number of rotatable bonds is 1. The third-order valence-corrected chi connectivity index (χ3v) is 2.76. The molecular formula is C12H12O4. The van der Waals surface area contributed by atoms with Crippen molar-refractivity contribution in [3.8, 4) is 11.5 Å². The molecule has 4 heteroatoms. The van der Waals surface area contributed by atoms with Crippen LogP contribution in [-0.2, 0) is 6.42 Å². The maximum atomic E-state index is 11.6. The van der Waals surface area contributed by atoms with Gasteiger partial charge < -0.3 is 14.6 Å². The van der Waals surface area contributed by atoms with E-state index < -0.39 is 5.63 Å². The molecule has 0 saturated carbocycles. The van der Waals surface area contributed by atoms with Crippen LogP contribution >= 0.6 is 0 Å². The van der Waals surface area contributed by atoms with E-state index in [0.29, 0.717) is 17.4 Å². The van der Waals surface area contributed by atoms with Crippen LogP contribution in [-0.4, -0.2) is 10.2 Å². The molecule has 16 heavy (non-hydrogen) atoms. The predicted molar refractivity (Wildman–Crippen MR) is 59.9 cm³/mol. The zero-order valence-electron chi connectivity index (χ0n) is 9.07. The Morgan fingerprint density at radius 1 is 1.31 bits per heavy atom. The van der Waals surface area contributed by atoms with Crippen LogP contribution in [0.5, 0.6) is 11.5 Å². The van der Waals surface area contributed by atoms with Gasteiger partial charge in [0.15, 0.2) is 11.3 Å². The summed E-state index contributed by atoms with van der Waals surface area (Å²) in [5.74, 6) is -0.681. The normalized spacial score (nSPS) is 10.9. The summed E-state index contributed by atoms with van der Waals surface area (Å²) in [6, 6.07) is 3.01. The first-order chi connectivity index (χ1) is 7.56. The Morgan fingerprint density at radius 3 is 2.62 bits per heavy atom. The Hall–Kier alpha value is -1.97. The molecule has 2 N–H and O–H groups in total. The quantitative estimate of drug-likeness (QED) is 0.570. The molecule has 2 rings (SSSR count). The first kappa shape index (κ1) is 10.5. The van der Waals surface area contributed by atoms with E-state index in [1.54, 1.807) is 13.0 Å². The van der Waals surface area contributed by atoms with Gasteiger partial charge in [-0.05, 0) is 31.0 Å². The zero-order chi connectivity index (χ0) is 11.9. The average Bonchev–Trinajstić information content (AvgIpc) is 2.25. The third kappa shape index (κ3) is 1.34. The topological polar surface area (TPSA) is 70.7 Å². The van der Waals surface area contributed by atoms with Crippen molar-refractivity contribution in [2.75, 3.05) is 0 Å². The summed E-state index contributed by atoms with van der Waals surface area (Å²) in [4.78, 5) is 11.6. The Labute approximate surface area is 91.8 Å². The van der Waals surface area contributed by atoms with Crippen LogP contribution in [0.3, 0.4) is 0 Å². The van der Waals surface area contributed by atoms with Gasteiger partial charge in [0, 0.05) is 10.9 Å². The van der Waals surface area contributed by atoms with Crippen molar-refractivity contribution in [3.05, 3.63) is 33.7 Å². The lowest BCUT2D eigenvalue weighted by molar-refractivity contribution is 0.397. The van der Waals surface area contributed by atoms with Crippen molar-refractivity contribution in [2.24, 2.45) is 0 Å². The minimum atomic E-state index is -0.464. The molecule has 2 aromatic rings.